The van der Waals surface area contributed by atoms with Crippen molar-refractivity contribution in [1.82, 2.24) is 4.90 Å². The maximum Gasteiger partial charge on any atom is 0.394 e. The largest absolute Gasteiger partial charge is 0.474 e. The molecule has 0 aromatic heterocycles. The first-order valence-corrected chi connectivity index (χ1v) is 13.9. The van der Waals surface area contributed by atoms with E-state index in [-0.39, 0.29) is 18.5 Å². The summed E-state index contributed by atoms with van der Waals surface area (Å²) in [7, 11) is 0. The van der Waals surface area contributed by atoms with Crippen molar-refractivity contribution >= 4 is 23.5 Å². The van der Waals surface area contributed by atoms with Crippen LogP contribution in [0, 0.1) is 0 Å². The molecule has 37 heavy (non-hydrogen) atoms. The van der Waals surface area contributed by atoms with Crippen LogP contribution in [-0.4, -0.2) is 27.8 Å². The number of carbonyl (C=O) groups is 3. The van der Waals surface area contributed by atoms with Gasteiger partial charge in [-0.2, -0.15) is 0 Å². The molecule has 0 aliphatic rings. The molecule has 0 saturated heterocycles. The lowest BCUT2D eigenvalue weighted by Crippen LogP contribution is -2.38. The van der Waals surface area contributed by atoms with Gasteiger partial charge in [-0.15, -0.1) is 0 Å². The van der Waals surface area contributed by atoms with Crippen LogP contribution in [-0.2, 0) is 20.9 Å². The minimum Gasteiger partial charge on any atom is -0.474 e. The van der Waals surface area contributed by atoms with E-state index in [1.54, 1.807) is 12.1 Å². The van der Waals surface area contributed by atoms with Gasteiger partial charge in [0.15, 0.2) is 0 Å². The summed E-state index contributed by atoms with van der Waals surface area (Å²) in [6, 6.07) is 16.4. The molecular formula is C31H44N2O4. The molecule has 0 spiro atoms. The highest BCUT2D eigenvalue weighted by Crippen LogP contribution is 2.26. The molecular weight excluding hydrogens is 464 g/mol. The third-order valence-electron chi connectivity index (χ3n) is 6.74. The average molecular weight is 509 g/mol. The van der Waals surface area contributed by atoms with Crippen molar-refractivity contribution in [1.29, 1.82) is 0 Å². The molecule has 0 aliphatic carbocycles. The van der Waals surface area contributed by atoms with E-state index in [0.717, 1.165) is 24.0 Å². The zero-order valence-electron chi connectivity index (χ0n) is 22.6. The number of hydrogen-bond acceptors (Lipinski definition) is 3. The van der Waals surface area contributed by atoms with Gasteiger partial charge in [0.05, 0.1) is 6.04 Å². The number of hydrogen-bond donors (Lipinski definition) is 2. The summed E-state index contributed by atoms with van der Waals surface area (Å²) in [5.74, 6) is -2.39. The third-order valence-corrected chi connectivity index (χ3v) is 6.74. The number of nitrogens with one attached hydrogen (secondary N) is 1. The molecule has 0 radical (unpaired) electrons. The number of amides is 2. The van der Waals surface area contributed by atoms with Crippen LogP contribution in [0.3, 0.4) is 0 Å². The number of unbranched alkanes of at least 4 members (excludes halogenated alkanes) is 9. The molecule has 202 valence electrons. The lowest BCUT2D eigenvalue weighted by atomic mass is 10.0. The van der Waals surface area contributed by atoms with Crippen LogP contribution in [0.25, 0.3) is 0 Å². The Hall–Kier alpha value is -3.15. The van der Waals surface area contributed by atoms with E-state index < -0.39 is 11.9 Å². The molecule has 1 unspecified atom stereocenters. The Balaban J connectivity index is 1.81. The highest BCUT2D eigenvalue weighted by molar-refractivity contribution is 6.31. The van der Waals surface area contributed by atoms with Crippen LogP contribution in [0.15, 0.2) is 54.6 Å². The van der Waals surface area contributed by atoms with Gasteiger partial charge in [-0.25, -0.2) is 4.79 Å². The number of nitrogens with zero attached hydrogens (tertiary/aromatic N) is 1. The maximum atomic E-state index is 12.5. The Morgan fingerprint density at radius 3 is 1.89 bits per heavy atom. The van der Waals surface area contributed by atoms with Crippen molar-refractivity contribution in [3.05, 3.63) is 65.7 Å². The Bertz CT molecular complexity index is 943. The van der Waals surface area contributed by atoms with Gasteiger partial charge in [-0.1, -0.05) is 114 Å². The number of rotatable bonds is 17. The first kappa shape index (κ1) is 30.1. The van der Waals surface area contributed by atoms with Crippen LogP contribution in [0.2, 0.25) is 0 Å². The standard InChI is InChI=1S/C31H44N2O4/c1-3-5-6-7-8-9-10-11-12-16-19-29(34)32-27-22-20-25(21-23-27)24-33(30(35)31(36)37)28(4-2)26-17-14-13-15-18-26/h13-15,17-18,20-23,28H,3-12,16,19,24H2,1-2H3,(H,32,34)(H,36,37). The molecule has 0 bridgehead atoms. The predicted octanol–water partition coefficient (Wildman–Crippen LogP) is 7.50. The number of carboxylic acids is 1. The number of carboxylic acid groups (broad SMARTS) is 1. The molecule has 2 amide bonds. The smallest absolute Gasteiger partial charge is 0.394 e. The second-order valence-electron chi connectivity index (χ2n) is 9.75. The van der Waals surface area contributed by atoms with Gasteiger partial charge in [0.1, 0.15) is 0 Å². The second kappa shape index (κ2) is 17.3. The van der Waals surface area contributed by atoms with Gasteiger partial charge < -0.3 is 15.3 Å². The third kappa shape index (κ3) is 11.2. The normalized spacial score (nSPS) is 11.6. The molecule has 2 aromatic rings. The van der Waals surface area contributed by atoms with Crippen molar-refractivity contribution in [2.75, 3.05) is 5.32 Å². The number of benzene rings is 2. The van der Waals surface area contributed by atoms with Crippen molar-refractivity contribution < 1.29 is 19.5 Å². The molecule has 2 N–H and O–H groups in total. The van der Waals surface area contributed by atoms with E-state index in [0.29, 0.717) is 18.5 Å². The van der Waals surface area contributed by atoms with Crippen molar-refractivity contribution in [3.63, 3.8) is 0 Å². The molecule has 1 atom stereocenters. The summed E-state index contributed by atoms with van der Waals surface area (Å²) in [6.45, 7) is 4.35. The van der Waals surface area contributed by atoms with Crippen LogP contribution >= 0.6 is 0 Å². The lowest BCUT2D eigenvalue weighted by molar-refractivity contribution is -0.157. The van der Waals surface area contributed by atoms with Crippen molar-refractivity contribution in [2.24, 2.45) is 0 Å². The summed E-state index contributed by atoms with van der Waals surface area (Å²) in [6.07, 6.45) is 13.4. The maximum absolute atomic E-state index is 12.5. The Labute approximate surface area is 222 Å². The van der Waals surface area contributed by atoms with E-state index in [2.05, 4.69) is 12.2 Å². The van der Waals surface area contributed by atoms with Gasteiger partial charge in [0.25, 0.3) is 0 Å². The molecule has 2 aromatic carbocycles. The topological polar surface area (TPSA) is 86.7 Å². The SMILES string of the molecule is CCCCCCCCCCCCC(=O)Nc1ccc(CN(C(=O)C(=O)O)C(CC)c2ccccc2)cc1. The predicted molar refractivity (Wildman–Crippen MR) is 149 cm³/mol. The minimum absolute atomic E-state index is 0.00474. The van der Waals surface area contributed by atoms with Crippen molar-refractivity contribution in [2.45, 2.75) is 103 Å². The van der Waals surface area contributed by atoms with Crippen LogP contribution < -0.4 is 5.32 Å². The molecule has 0 heterocycles. The summed E-state index contributed by atoms with van der Waals surface area (Å²) < 4.78 is 0. The molecule has 6 nitrogen and oxygen atoms in total. The molecule has 2 rings (SSSR count). The van der Waals surface area contributed by atoms with E-state index in [4.69, 9.17) is 0 Å². The van der Waals surface area contributed by atoms with Crippen LogP contribution in [0.4, 0.5) is 5.69 Å². The van der Waals surface area contributed by atoms with Gasteiger partial charge in [-0.3, -0.25) is 9.59 Å². The molecule has 0 saturated carbocycles. The highest BCUT2D eigenvalue weighted by atomic mass is 16.4. The Morgan fingerprint density at radius 2 is 1.35 bits per heavy atom. The van der Waals surface area contributed by atoms with Gasteiger partial charge >= 0.3 is 11.9 Å². The van der Waals surface area contributed by atoms with E-state index in [1.807, 2.05) is 49.4 Å². The van der Waals surface area contributed by atoms with Crippen molar-refractivity contribution in [3.8, 4) is 0 Å². The van der Waals surface area contributed by atoms with Gasteiger partial charge in [-0.05, 0) is 36.1 Å². The fraction of sp³-hybridized carbons (Fsp3) is 0.516. The number of carbonyl (C=O) groups excluding carboxylic acids is 2. The van der Waals surface area contributed by atoms with Gasteiger partial charge in [0.2, 0.25) is 5.91 Å². The molecule has 0 fully saturated rings. The first-order chi connectivity index (χ1) is 18.0. The van der Waals surface area contributed by atoms with Gasteiger partial charge in [0, 0.05) is 18.7 Å². The fourth-order valence-corrected chi connectivity index (χ4v) is 4.64. The quantitative estimate of drug-likeness (QED) is 0.171. The van der Waals surface area contributed by atoms with Crippen LogP contribution in [0.1, 0.15) is 108 Å². The highest BCUT2D eigenvalue weighted by Gasteiger charge is 2.28. The number of anilines is 1. The lowest BCUT2D eigenvalue weighted by Gasteiger charge is -2.30. The first-order valence-electron chi connectivity index (χ1n) is 13.9. The van der Waals surface area contributed by atoms with E-state index in [9.17, 15) is 19.5 Å². The summed E-state index contributed by atoms with van der Waals surface area (Å²) in [5.41, 5.74) is 2.40. The minimum atomic E-state index is -1.47. The average Bonchev–Trinajstić information content (AvgIpc) is 2.90. The van der Waals surface area contributed by atoms with Crippen LogP contribution in [0.5, 0.6) is 0 Å². The Morgan fingerprint density at radius 1 is 0.784 bits per heavy atom. The zero-order chi connectivity index (χ0) is 26.9. The number of aliphatic carboxylic acids is 1. The van der Waals surface area contributed by atoms with E-state index in [1.165, 1.54) is 56.3 Å². The fourth-order valence-electron chi connectivity index (χ4n) is 4.64. The second-order valence-corrected chi connectivity index (χ2v) is 9.75. The van der Waals surface area contributed by atoms with E-state index >= 15 is 0 Å². The summed E-state index contributed by atoms with van der Waals surface area (Å²) in [5, 5.41) is 12.3. The molecule has 0 aliphatic heterocycles. The summed E-state index contributed by atoms with van der Waals surface area (Å²) >= 11 is 0. The monoisotopic (exact) mass is 508 g/mol. The Kier molecular flexibility index (Phi) is 14.1. The summed E-state index contributed by atoms with van der Waals surface area (Å²) in [4.78, 5) is 37.8. The molecule has 6 heteroatoms. The zero-order valence-corrected chi connectivity index (χ0v) is 22.6.